The molecule has 0 atom stereocenters. The summed E-state index contributed by atoms with van der Waals surface area (Å²) in [5.74, 6) is 0. The van der Waals surface area contributed by atoms with Crippen LogP contribution in [-0.2, 0) is 0 Å². The van der Waals surface area contributed by atoms with E-state index >= 15 is 0 Å². The Morgan fingerprint density at radius 2 is 1.70 bits per heavy atom. The summed E-state index contributed by atoms with van der Waals surface area (Å²) in [5, 5.41) is 0. The fourth-order valence-corrected chi connectivity index (χ4v) is 1.87. The summed E-state index contributed by atoms with van der Waals surface area (Å²) in [5.41, 5.74) is 0.736. The van der Waals surface area contributed by atoms with Gasteiger partial charge in [0.05, 0.1) is 0 Å². The second kappa shape index (κ2) is 2.91. The topological polar surface area (TPSA) is 3.24 Å². The van der Waals surface area contributed by atoms with Crippen molar-refractivity contribution in [2.45, 2.75) is 45.1 Å². The monoisotopic (exact) mass is 141 g/mol. The van der Waals surface area contributed by atoms with Crippen LogP contribution < -0.4 is 0 Å². The van der Waals surface area contributed by atoms with E-state index in [0.29, 0.717) is 0 Å². The third-order valence-electron chi connectivity index (χ3n) is 3.01. The zero-order valence-corrected chi connectivity index (χ0v) is 7.48. The van der Waals surface area contributed by atoms with Gasteiger partial charge >= 0.3 is 0 Å². The van der Waals surface area contributed by atoms with Crippen LogP contribution in [0, 0.1) is 0 Å². The molecule has 1 saturated carbocycles. The summed E-state index contributed by atoms with van der Waals surface area (Å²) < 4.78 is 0. The van der Waals surface area contributed by atoms with Crippen molar-refractivity contribution in [1.82, 2.24) is 4.90 Å². The van der Waals surface area contributed by atoms with Crippen molar-refractivity contribution in [3.05, 3.63) is 0 Å². The SMILES string of the molecule is CC.CN1CCC12CCC2. The summed E-state index contributed by atoms with van der Waals surface area (Å²) in [4.78, 5) is 2.51. The second-order valence-corrected chi connectivity index (χ2v) is 3.25. The molecule has 0 unspecified atom stereocenters. The number of nitrogens with zero attached hydrogens (tertiary/aromatic N) is 1. The number of hydrogen-bond acceptors (Lipinski definition) is 1. The van der Waals surface area contributed by atoms with Gasteiger partial charge in [-0.05, 0) is 32.7 Å². The molecule has 1 heteroatoms. The third kappa shape index (κ3) is 0.968. The van der Waals surface area contributed by atoms with Crippen LogP contribution in [0.4, 0.5) is 0 Å². The van der Waals surface area contributed by atoms with Gasteiger partial charge in [-0.3, -0.25) is 0 Å². The molecule has 0 bridgehead atoms. The molecule has 2 fully saturated rings. The van der Waals surface area contributed by atoms with Crippen molar-refractivity contribution in [1.29, 1.82) is 0 Å². The van der Waals surface area contributed by atoms with Gasteiger partial charge in [-0.2, -0.15) is 0 Å². The van der Waals surface area contributed by atoms with Crippen LogP contribution in [0.3, 0.4) is 0 Å². The van der Waals surface area contributed by atoms with E-state index in [-0.39, 0.29) is 0 Å². The molecule has 1 aliphatic carbocycles. The fraction of sp³-hybridized carbons (Fsp3) is 1.00. The Balaban J connectivity index is 0.000000231. The van der Waals surface area contributed by atoms with Gasteiger partial charge in [0.25, 0.3) is 0 Å². The number of likely N-dealkylation sites (tertiary alicyclic amines) is 1. The average Bonchev–Trinajstić information content (AvgIpc) is 1.86. The van der Waals surface area contributed by atoms with E-state index in [9.17, 15) is 0 Å². The quantitative estimate of drug-likeness (QED) is 0.500. The van der Waals surface area contributed by atoms with Crippen molar-refractivity contribution < 1.29 is 0 Å². The molecule has 0 aromatic rings. The predicted octanol–water partition coefficient (Wildman–Crippen LogP) is 2.27. The molecule has 0 N–H and O–H groups in total. The molecule has 0 radical (unpaired) electrons. The smallest absolute Gasteiger partial charge is 0.0218 e. The minimum atomic E-state index is 0.736. The van der Waals surface area contributed by atoms with Crippen molar-refractivity contribution in [2.24, 2.45) is 0 Å². The minimum Gasteiger partial charge on any atom is -0.301 e. The largest absolute Gasteiger partial charge is 0.301 e. The van der Waals surface area contributed by atoms with Gasteiger partial charge in [0.1, 0.15) is 0 Å². The third-order valence-corrected chi connectivity index (χ3v) is 3.01. The Kier molecular flexibility index (Phi) is 2.35. The van der Waals surface area contributed by atoms with Crippen molar-refractivity contribution in [3.8, 4) is 0 Å². The lowest BCUT2D eigenvalue weighted by atomic mass is 9.68. The molecule has 1 saturated heterocycles. The van der Waals surface area contributed by atoms with E-state index < -0.39 is 0 Å². The summed E-state index contributed by atoms with van der Waals surface area (Å²) in [6.45, 7) is 5.35. The van der Waals surface area contributed by atoms with Crippen LogP contribution in [0.1, 0.15) is 39.5 Å². The van der Waals surface area contributed by atoms with Gasteiger partial charge in [-0.25, -0.2) is 0 Å². The molecule has 2 rings (SSSR count). The first-order chi connectivity index (χ1) is 4.83. The number of rotatable bonds is 0. The Morgan fingerprint density at radius 1 is 1.10 bits per heavy atom. The van der Waals surface area contributed by atoms with Gasteiger partial charge in [-0.1, -0.05) is 13.8 Å². The molecule has 0 aromatic carbocycles. The lowest BCUT2D eigenvalue weighted by Gasteiger charge is -2.57. The summed E-state index contributed by atoms with van der Waals surface area (Å²) in [6.07, 6.45) is 5.90. The molecular formula is C9H19N. The highest BCUT2D eigenvalue weighted by Crippen LogP contribution is 2.45. The maximum Gasteiger partial charge on any atom is 0.0218 e. The Labute approximate surface area is 64.4 Å². The standard InChI is InChI=1S/C7H13N.C2H6/c1-8-6-5-7(8)3-2-4-7;1-2/h2-6H2,1H3;1-2H3. The average molecular weight is 141 g/mol. The normalized spacial score (nSPS) is 27.9. The van der Waals surface area contributed by atoms with Gasteiger partial charge in [0.2, 0.25) is 0 Å². The first-order valence-corrected chi connectivity index (χ1v) is 4.55. The van der Waals surface area contributed by atoms with Crippen LogP contribution in [0.15, 0.2) is 0 Å². The summed E-state index contributed by atoms with van der Waals surface area (Å²) in [7, 11) is 2.25. The van der Waals surface area contributed by atoms with E-state index in [4.69, 9.17) is 0 Å². The molecular weight excluding hydrogens is 122 g/mol. The van der Waals surface area contributed by atoms with Gasteiger partial charge in [-0.15, -0.1) is 0 Å². The van der Waals surface area contributed by atoms with E-state index in [0.717, 1.165) is 5.54 Å². The molecule has 1 aliphatic heterocycles. The minimum absolute atomic E-state index is 0.736. The number of hydrogen-bond donors (Lipinski definition) is 0. The Hall–Kier alpha value is -0.0400. The molecule has 1 heterocycles. The highest BCUT2D eigenvalue weighted by atomic mass is 15.2. The van der Waals surface area contributed by atoms with E-state index in [2.05, 4.69) is 11.9 Å². The molecule has 10 heavy (non-hydrogen) atoms. The van der Waals surface area contributed by atoms with Crippen molar-refractivity contribution >= 4 is 0 Å². The summed E-state index contributed by atoms with van der Waals surface area (Å²) in [6, 6.07) is 0. The Morgan fingerprint density at radius 3 is 1.70 bits per heavy atom. The van der Waals surface area contributed by atoms with E-state index in [1.165, 1.54) is 32.2 Å². The zero-order valence-electron chi connectivity index (χ0n) is 7.48. The molecule has 2 aliphatic rings. The molecule has 0 amide bonds. The second-order valence-electron chi connectivity index (χ2n) is 3.25. The lowest BCUT2D eigenvalue weighted by Crippen LogP contribution is -2.61. The molecule has 60 valence electrons. The van der Waals surface area contributed by atoms with Crippen LogP contribution in [0.25, 0.3) is 0 Å². The van der Waals surface area contributed by atoms with Crippen LogP contribution in [0.5, 0.6) is 0 Å². The molecule has 0 aromatic heterocycles. The van der Waals surface area contributed by atoms with Gasteiger partial charge < -0.3 is 4.90 Å². The van der Waals surface area contributed by atoms with Crippen molar-refractivity contribution in [3.63, 3.8) is 0 Å². The van der Waals surface area contributed by atoms with Crippen LogP contribution >= 0.6 is 0 Å². The van der Waals surface area contributed by atoms with E-state index in [1.807, 2.05) is 13.8 Å². The fourth-order valence-electron chi connectivity index (χ4n) is 1.87. The van der Waals surface area contributed by atoms with Gasteiger partial charge in [0.15, 0.2) is 0 Å². The van der Waals surface area contributed by atoms with E-state index in [1.54, 1.807) is 0 Å². The molecule has 1 spiro atoms. The highest BCUT2D eigenvalue weighted by Gasteiger charge is 2.46. The molecule has 1 nitrogen and oxygen atoms in total. The van der Waals surface area contributed by atoms with Gasteiger partial charge in [0, 0.05) is 12.1 Å². The maximum atomic E-state index is 2.51. The first-order valence-electron chi connectivity index (χ1n) is 4.55. The van der Waals surface area contributed by atoms with Crippen molar-refractivity contribution in [2.75, 3.05) is 13.6 Å². The predicted molar refractivity (Wildman–Crippen MR) is 45.2 cm³/mol. The van der Waals surface area contributed by atoms with Crippen LogP contribution in [-0.4, -0.2) is 24.0 Å². The zero-order chi connectivity index (χ0) is 7.61. The maximum absolute atomic E-state index is 2.51. The first kappa shape index (κ1) is 8.06. The van der Waals surface area contributed by atoms with Crippen LogP contribution in [0.2, 0.25) is 0 Å². The Bertz CT molecular complexity index is 99.8. The summed E-state index contributed by atoms with van der Waals surface area (Å²) >= 11 is 0. The lowest BCUT2D eigenvalue weighted by molar-refractivity contribution is -0.0521. The highest BCUT2D eigenvalue weighted by molar-refractivity contribution is 5.03.